The zero-order valence-corrected chi connectivity index (χ0v) is 22.3. The molecule has 2 bridgehead atoms. The first-order valence-corrected chi connectivity index (χ1v) is 15.5. The predicted octanol–water partition coefficient (Wildman–Crippen LogP) is 1.24. The van der Waals surface area contributed by atoms with Gasteiger partial charge in [0.2, 0.25) is 0 Å². The Morgan fingerprint density at radius 1 is 1.05 bits per heavy atom. The lowest BCUT2D eigenvalue weighted by molar-refractivity contribution is -0.192. The number of piperidine rings is 1. The Balaban J connectivity index is 1.46. The average molecular weight is 546 g/mol. The van der Waals surface area contributed by atoms with Crippen LogP contribution in [0.15, 0.2) is 12.3 Å². The zero-order chi connectivity index (χ0) is 26.4. The lowest BCUT2D eigenvalue weighted by Gasteiger charge is -2.61. The molecule has 11 nitrogen and oxygen atoms in total. The highest BCUT2D eigenvalue weighted by Crippen LogP contribution is 2.61. The number of nitrogens with two attached hydrogens (primary N) is 1. The van der Waals surface area contributed by atoms with Gasteiger partial charge in [-0.25, -0.2) is 4.57 Å². The van der Waals surface area contributed by atoms with Gasteiger partial charge in [0.25, 0.3) is 0 Å². The van der Waals surface area contributed by atoms with Crippen molar-refractivity contribution < 1.29 is 38.9 Å². The number of ether oxygens (including phenoxy) is 1. The predicted molar refractivity (Wildman–Crippen MR) is 134 cm³/mol. The molecule has 0 aromatic rings. The molecule has 3 aliphatic heterocycles. The standard InChI is InChI=1S/C25H44N3O8P/c26-22-24-10-8-6-4-2-1-3-5-7-9-16-13-17(16)25(15-24,23(31)27-22)28(12-11-24)21-20(30)19(29)18(36-21)14-35-37(32,33)34/h11-12,16-23,27,29-31H,1-10,13-15,26H2,(H2,32,33,34). The maximum atomic E-state index is 11.6. The summed E-state index contributed by atoms with van der Waals surface area (Å²) >= 11 is 0. The molecule has 8 N–H and O–H groups in total. The van der Waals surface area contributed by atoms with Crippen LogP contribution in [0.25, 0.3) is 0 Å². The number of hydrogen-bond donors (Lipinski definition) is 7. The minimum atomic E-state index is -4.77. The Labute approximate surface area is 218 Å². The Morgan fingerprint density at radius 3 is 2.43 bits per heavy atom. The summed E-state index contributed by atoms with van der Waals surface area (Å²) in [5, 5.41) is 36.5. The van der Waals surface area contributed by atoms with Crippen molar-refractivity contribution >= 4 is 7.82 Å². The lowest BCUT2D eigenvalue weighted by Crippen LogP contribution is -2.76. The maximum Gasteiger partial charge on any atom is 0.469 e. The summed E-state index contributed by atoms with van der Waals surface area (Å²) in [5.41, 5.74) is 5.49. The second-order valence-electron chi connectivity index (χ2n) is 12.0. The molecule has 10 unspecified atom stereocenters. The second kappa shape index (κ2) is 10.8. The topological polar surface area (TPSA) is 178 Å². The number of phosphoric acid groups is 1. The van der Waals surface area contributed by atoms with Crippen LogP contribution in [0.2, 0.25) is 0 Å². The molecule has 0 radical (unpaired) electrons. The van der Waals surface area contributed by atoms with Gasteiger partial charge in [-0.2, -0.15) is 0 Å². The first-order valence-electron chi connectivity index (χ1n) is 14.0. The number of aliphatic hydroxyl groups is 3. The van der Waals surface area contributed by atoms with Crippen LogP contribution >= 0.6 is 7.82 Å². The third-order valence-corrected chi connectivity index (χ3v) is 10.1. The first kappa shape index (κ1) is 28.0. The molecule has 2 aliphatic carbocycles. The van der Waals surface area contributed by atoms with Crippen LogP contribution in [0, 0.1) is 17.3 Å². The number of nitrogens with zero attached hydrogens (tertiary/aromatic N) is 1. The summed E-state index contributed by atoms with van der Waals surface area (Å²) < 4.78 is 21.8. The minimum absolute atomic E-state index is 0.162. The van der Waals surface area contributed by atoms with Gasteiger partial charge in [-0.1, -0.05) is 63.9 Å². The maximum absolute atomic E-state index is 11.6. The van der Waals surface area contributed by atoms with Crippen molar-refractivity contribution in [2.75, 3.05) is 6.61 Å². The van der Waals surface area contributed by atoms with Crippen LogP contribution in [-0.2, 0) is 13.8 Å². The van der Waals surface area contributed by atoms with E-state index in [0.29, 0.717) is 12.3 Å². The molecule has 37 heavy (non-hydrogen) atoms. The number of nitrogens with one attached hydrogen (secondary N) is 1. The van der Waals surface area contributed by atoms with E-state index in [0.717, 1.165) is 38.5 Å². The van der Waals surface area contributed by atoms with E-state index in [9.17, 15) is 19.9 Å². The van der Waals surface area contributed by atoms with E-state index in [4.69, 9.17) is 20.3 Å². The van der Waals surface area contributed by atoms with E-state index in [2.05, 4.69) is 15.9 Å². The number of phosphoric ester groups is 1. The molecule has 5 aliphatic rings. The van der Waals surface area contributed by atoms with Gasteiger partial charge in [-0.15, -0.1) is 0 Å². The summed E-state index contributed by atoms with van der Waals surface area (Å²) in [5.74, 6) is 0.607. The summed E-state index contributed by atoms with van der Waals surface area (Å²) in [6.45, 7) is -0.564. The fraction of sp³-hybridized carbons (Fsp3) is 0.920. The van der Waals surface area contributed by atoms with E-state index in [1.54, 1.807) is 0 Å². The van der Waals surface area contributed by atoms with Crippen LogP contribution in [0.5, 0.6) is 0 Å². The van der Waals surface area contributed by atoms with Gasteiger partial charge in [0, 0.05) is 5.41 Å². The smallest absolute Gasteiger partial charge is 0.387 e. The molecule has 212 valence electrons. The van der Waals surface area contributed by atoms with E-state index < -0.39 is 56.9 Å². The SMILES string of the molecule is NC1NC(O)C23CC1(C=CN2C1OC(COP(=O)(O)O)C(O)C1O)CCCCCCCCCCC1CC13. The molecule has 10 atom stereocenters. The highest BCUT2D eigenvalue weighted by atomic mass is 31.2. The Hall–Kier alpha value is -0.590. The highest BCUT2D eigenvalue weighted by molar-refractivity contribution is 7.46. The van der Waals surface area contributed by atoms with Crippen LogP contribution < -0.4 is 11.1 Å². The Bertz CT molecular complexity index is 890. The first-order chi connectivity index (χ1) is 17.6. The van der Waals surface area contributed by atoms with E-state index >= 15 is 0 Å². The van der Waals surface area contributed by atoms with Crippen molar-refractivity contribution in [1.82, 2.24) is 10.2 Å². The van der Waals surface area contributed by atoms with Crippen LogP contribution in [0.3, 0.4) is 0 Å². The monoisotopic (exact) mass is 545 g/mol. The minimum Gasteiger partial charge on any atom is -0.387 e. The van der Waals surface area contributed by atoms with Crippen LogP contribution in [0.1, 0.15) is 77.0 Å². The molecule has 0 spiro atoms. The zero-order valence-electron chi connectivity index (χ0n) is 21.4. The molecule has 2 saturated heterocycles. The van der Waals surface area contributed by atoms with E-state index in [-0.39, 0.29) is 11.3 Å². The Morgan fingerprint density at radius 2 is 1.73 bits per heavy atom. The average Bonchev–Trinajstić information content (AvgIpc) is 3.57. The van der Waals surface area contributed by atoms with Gasteiger partial charge in [-0.3, -0.25) is 9.84 Å². The largest absolute Gasteiger partial charge is 0.469 e. The van der Waals surface area contributed by atoms with E-state index in [1.165, 1.54) is 32.1 Å². The summed E-state index contributed by atoms with van der Waals surface area (Å²) in [6, 6.07) is 0. The van der Waals surface area contributed by atoms with Gasteiger partial charge < -0.3 is 40.5 Å². The summed E-state index contributed by atoms with van der Waals surface area (Å²) in [7, 11) is -4.77. The molecule has 0 aromatic heterocycles. The molecule has 4 fully saturated rings. The molecular formula is C25H44N3O8P. The number of aliphatic hydroxyl groups excluding tert-OH is 3. The second-order valence-corrected chi connectivity index (χ2v) is 13.2. The molecule has 5 rings (SSSR count). The molecule has 12 heteroatoms. The number of rotatable bonds is 4. The van der Waals surface area contributed by atoms with Gasteiger partial charge >= 0.3 is 7.82 Å². The third kappa shape index (κ3) is 5.42. The molecule has 3 heterocycles. The van der Waals surface area contributed by atoms with Crippen LogP contribution in [-0.4, -0.2) is 79.1 Å². The summed E-state index contributed by atoms with van der Waals surface area (Å²) in [4.78, 5) is 20.1. The van der Waals surface area contributed by atoms with Crippen molar-refractivity contribution in [3.05, 3.63) is 12.3 Å². The number of fused-ring (bicyclic) bond motifs is 1. The quantitative estimate of drug-likeness (QED) is 0.253. The molecule has 0 amide bonds. The van der Waals surface area contributed by atoms with Gasteiger partial charge in [0.15, 0.2) is 6.23 Å². The van der Waals surface area contributed by atoms with Crippen molar-refractivity contribution in [2.45, 2.75) is 120 Å². The fourth-order valence-corrected chi connectivity index (χ4v) is 7.86. The fourth-order valence-electron chi connectivity index (χ4n) is 7.52. The van der Waals surface area contributed by atoms with Crippen molar-refractivity contribution in [3.8, 4) is 0 Å². The Kier molecular flexibility index (Phi) is 8.13. The van der Waals surface area contributed by atoms with Crippen LogP contribution in [0.4, 0.5) is 0 Å². The van der Waals surface area contributed by atoms with Crippen molar-refractivity contribution in [2.24, 2.45) is 23.0 Å². The lowest BCUT2D eigenvalue weighted by atomic mass is 9.62. The van der Waals surface area contributed by atoms with Crippen molar-refractivity contribution in [1.29, 1.82) is 0 Å². The van der Waals surface area contributed by atoms with Gasteiger partial charge in [0.1, 0.15) is 24.5 Å². The normalized spacial score (nSPS) is 47.1. The van der Waals surface area contributed by atoms with Gasteiger partial charge in [0.05, 0.1) is 18.3 Å². The molecular weight excluding hydrogens is 501 g/mol. The van der Waals surface area contributed by atoms with Gasteiger partial charge in [-0.05, 0) is 37.3 Å². The summed E-state index contributed by atoms with van der Waals surface area (Å²) in [6.07, 6.45) is 10.8. The highest BCUT2D eigenvalue weighted by Gasteiger charge is 2.67. The van der Waals surface area contributed by atoms with E-state index in [1.807, 2.05) is 11.1 Å². The third-order valence-electron chi connectivity index (χ3n) is 9.64. The number of hydrogen-bond acceptors (Lipinski definition) is 9. The molecule has 0 aromatic carbocycles. The molecule has 2 saturated carbocycles. The van der Waals surface area contributed by atoms with Crippen molar-refractivity contribution in [3.63, 3.8) is 0 Å².